The highest BCUT2D eigenvalue weighted by molar-refractivity contribution is 7.98. The number of thiophene rings is 2. The molecule has 0 bridgehead atoms. The minimum Gasteiger partial charge on any atom is -0.364 e. The van der Waals surface area contributed by atoms with Crippen molar-refractivity contribution in [1.29, 1.82) is 0 Å². The Balaban J connectivity index is 1.82. The summed E-state index contributed by atoms with van der Waals surface area (Å²) in [5.74, 6) is 0.592. The zero-order chi connectivity index (χ0) is 17.2. The molecule has 4 rings (SSSR count). The largest absolute Gasteiger partial charge is 0.364 e. The molecule has 0 saturated carbocycles. The van der Waals surface area contributed by atoms with Gasteiger partial charge in [-0.15, -0.1) is 29.3 Å². The fraction of sp³-hybridized carbons (Fsp3) is 0.118. The Bertz CT molecular complexity index is 1060. The van der Waals surface area contributed by atoms with Crippen LogP contribution in [0.15, 0.2) is 62.4 Å². The van der Waals surface area contributed by atoms with E-state index < -0.39 is 0 Å². The maximum absolute atomic E-state index is 13.1. The van der Waals surface area contributed by atoms with E-state index in [9.17, 15) is 4.79 Å². The number of thioether (sulfide) groups is 1. The second kappa shape index (κ2) is 6.99. The molecule has 25 heavy (non-hydrogen) atoms. The number of hydrogen-bond acceptors (Lipinski definition) is 7. The van der Waals surface area contributed by atoms with Crippen molar-refractivity contribution < 1.29 is 4.52 Å². The van der Waals surface area contributed by atoms with E-state index in [1.54, 1.807) is 22.0 Å². The maximum atomic E-state index is 13.1. The number of fused-ring (bicyclic) bond motifs is 1. The summed E-state index contributed by atoms with van der Waals surface area (Å²) >= 11 is 4.59. The lowest BCUT2D eigenvalue weighted by Crippen LogP contribution is -2.22. The molecule has 126 valence electrons. The molecule has 0 aromatic carbocycles. The summed E-state index contributed by atoms with van der Waals surface area (Å²) in [5, 5.41) is 9.27. The highest BCUT2D eigenvalue weighted by Crippen LogP contribution is 2.34. The van der Waals surface area contributed by atoms with E-state index in [2.05, 4.69) is 11.7 Å². The minimum absolute atomic E-state index is 0.0304. The lowest BCUT2D eigenvalue weighted by Gasteiger charge is -2.09. The third kappa shape index (κ3) is 3.08. The van der Waals surface area contributed by atoms with Crippen LogP contribution in [0.5, 0.6) is 0 Å². The van der Waals surface area contributed by atoms with Gasteiger partial charge in [0.15, 0.2) is 5.16 Å². The Morgan fingerprint density at radius 2 is 2.28 bits per heavy atom. The van der Waals surface area contributed by atoms with Gasteiger partial charge in [0.05, 0.1) is 11.1 Å². The SMILES string of the molecule is C=CCn1c(SCc2ccon2)nc2scc(-c3cccs3)c2c1=O. The molecule has 4 heterocycles. The first kappa shape index (κ1) is 16.3. The lowest BCUT2D eigenvalue weighted by atomic mass is 10.2. The Morgan fingerprint density at radius 1 is 1.36 bits per heavy atom. The van der Waals surface area contributed by atoms with E-state index in [0.717, 1.165) is 21.0 Å². The fourth-order valence-electron chi connectivity index (χ4n) is 2.47. The number of rotatable bonds is 6. The molecule has 0 saturated heterocycles. The molecule has 0 spiro atoms. The van der Waals surface area contributed by atoms with Crippen LogP contribution in [0.2, 0.25) is 0 Å². The van der Waals surface area contributed by atoms with Crippen LogP contribution in [0.1, 0.15) is 5.69 Å². The van der Waals surface area contributed by atoms with Gasteiger partial charge in [-0.05, 0) is 11.4 Å². The van der Waals surface area contributed by atoms with Crippen LogP contribution in [0.25, 0.3) is 20.7 Å². The van der Waals surface area contributed by atoms with Crippen molar-refractivity contribution in [1.82, 2.24) is 14.7 Å². The Morgan fingerprint density at radius 3 is 3.00 bits per heavy atom. The minimum atomic E-state index is -0.0304. The van der Waals surface area contributed by atoms with Crippen molar-refractivity contribution in [3.63, 3.8) is 0 Å². The summed E-state index contributed by atoms with van der Waals surface area (Å²) in [5.41, 5.74) is 1.74. The molecule has 0 fully saturated rings. The molecule has 0 N–H and O–H groups in total. The van der Waals surface area contributed by atoms with Gasteiger partial charge in [-0.3, -0.25) is 9.36 Å². The van der Waals surface area contributed by atoms with Gasteiger partial charge in [-0.25, -0.2) is 4.98 Å². The van der Waals surface area contributed by atoms with Crippen molar-refractivity contribution >= 4 is 44.7 Å². The molecule has 8 heteroatoms. The van der Waals surface area contributed by atoms with Crippen LogP contribution in [-0.4, -0.2) is 14.7 Å². The van der Waals surface area contributed by atoms with E-state index >= 15 is 0 Å². The molecule has 0 aliphatic heterocycles. The van der Waals surface area contributed by atoms with Gasteiger partial charge < -0.3 is 4.52 Å². The molecule has 0 atom stereocenters. The van der Waals surface area contributed by atoms with Crippen LogP contribution in [0.3, 0.4) is 0 Å². The normalized spacial score (nSPS) is 11.2. The molecule has 0 aliphatic carbocycles. The first-order chi connectivity index (χ1) is 12.3. The summed E-state index contributed by atoms with van der Waals surface area (Å²) in [7, 11) is 0. The molecular weight excluding hydrogens is 374 g/mol. The predicted octanol–water partition coefficient (Wildman–Crippen LogP) is 4.65. The number of allylic oxidation sites excluding steroid dienone is 1. The second-order valence-corrected chi connectivity index (χ2v) is 7.93. The van der Waals surface area contributed by atoms with Gasteiger partial charge in [0.1, 0.15) is 11.1 Å². The molecule has 0 amide bonds. The van der Waals surface area contributed by atoms with E-state index in [-0.39, 0.29) is 5.56 Å². The molecular formula is C17H13N3O2S3. The highest BCUT2D eigenvalue weighted by Gasteiger charge is 2.17. The molecule has 4 aromatic rings. The van der Waals surface area contributed by atoms with E-state index in [0.29, 0.717) is 22.8 Å². The van der Waals surface area contributed by atoms with Crippen molar-refractivity contribution in [2.24, 2.45) is 0 Å². The predicted molar refractivity (Wildman–Crippen MR) is 103 cm³/mol. The standard InChI is InChI=1S/C17H13N3O2S3/c1-2-6-20-16(21)14-12(13-4-3-8-23-13)10-24-15(14)18-17(20)25-9-11-5-7-22-19-11/h2-5,7-8,10H,1,6,9H2. The van der Waals surface area contributed by atoms with E-state index in [1.807, 2.05) is 29.0 Å². The second-order valence-electron chi connectivity index (χ2n) is 5.19. The Labute approximate surface area is 155 Å². The van der Waals surface area contributed by atoms with Crippen LogP contribution >= 0.6 is 34.4 Å². The Hall–Kier alpha value is -2.16. The van der Waals surface area contributed by atoms with Crippen LogP contribution < -0.4 is 5.56 Å². The summed E-state index contributed by atoms with van der Waals surface area (Å²) in [4.78, 5) is 19.7. The van der Waals surface area contributed by atoms with Crippen molar-refractivity contribution in [2.75, 3.05) is 0 Å². The highest BCUT2D eigenvalue weighted by atomic mass is 32.2. The monoisotopic (exact) mass is 387 g/mol. The van der Waals surface area contributed by atoms with Gasteiger partial charge in [0, 0.05) is 34.2 Å². The summed E-state index contributed by atoms with van der Waals surface area (Å²) in [6, 6.07) is 5.82. The summed E-state index contributed by atoms with van der Waals surface area (Å²) in [6.07, 6.45) is 3.25. The maximum Gasteiger partial charge on any atom is 0.263 e. The quantitative estimate of drug-likeness (QED) is 0.274. The number of nitrogens with zero attached hydrogens (tertiary/aromatic N) is 3. The Kier molecular flexibility index (Phi) is 4.56. The number of hydrogen-bond donors (Lipinski definition) is 0. The average molecular weight is 388 g/mol. The smallest absolute Gasteiger partial charge is 0.263 e. The van der Waals surface area contributed by atoms with Crippen molar-refractivity contribution in [2.45, 2.75) is 17.5 Å². The van der Waals surface area contributed by atoms with E-state index in [4.69, 9.17) is 9.51 Å². The first-order valence-electron chi connectivity index (χ1n) is 7.47. The third-order valence-electron chi connectivity index (χ3n) is 3.60. The zero-order valence-electron chi connectivity index (χ0n) is 13.0. The zero-order valence-corrected chi connectivity index (χ0v) is 15.5. The van der Waals surface area contributed by atoms with Crippen LogP contribution in [0, 0.1) is 0 Å². The lowest BCUT2D eigenvalue weighted by molar-refractivity contribution is 0.414. The van der Waals surface area contributed by atoms with Gasteiger partial charge >= 0.3 is 0 Å². The molecule has 0 aliphatic rings. The fourth-order valence-corrected chi connectivity index (χ4v) is 5.17. The molecule has 5 nitrogen and oxygen atoms in total. The number of aromatic nitrogens is 3. The molecule has 0 unspecified atom stereocenters. The van der Waals surface area contributed by atoms with Crippen LogP contribution in [0.4, 0.5) is 0 Å². The van der Waals surface area contributed by atoms with Gasteiger partial charge in [0.25, 0.3) is 5.56 Å². The van der Waals surface area contributed by atoms with Gasteiger partial charge in [0.2, 0.25) is 0 Å². The average Bonchev–Trinajstić information content (AvgIpc) is 3.36. The van der Waals surface area contributed by atoms with Crippen LogP contribution in [-0.2, 0) is 12.3 Å². The molecule has 0 radical (unpaired) electrons. The van der Waals surface area contributed by atoms with Gasteiger partial charge in [-0.1, -0.05) is 29.1 Å². The third-order valence-corrected chi connectivity index (χ3v) is 6.38. The summed E-state index contributed by atoms with van der Waals surface area (Å²) in [6.45, 7) is 4.19. The van der Waals surface area contributed by atoms with Crippen molar-refractivity contribution in [3.05, 3.63) is 63.9 Å². The topological polar surface area (TPSA) is 60.9 Å². The summed E-state index contributed by atoms with van der Waals surface area (Å²) < 4.78 is 6.52. The first-order valence-corrected chi connectivity index (χ1v) is 10.2. The van der Waals surface area contributed by atoms with Gasteiger partial charge in [-0.2, -0.15) is 0 Å². The molecule has 4 aromatic heterocycles. The van der Waals surface area contributed by atoms with Crippen molar-refractivity contribution in [3.8, 4) is 10.4 Å². The van der Waals surface area contributed by atoms with E-state index in [1.165, 1.54) is 29.4 Å².